The normalized spacial score (nSPS) is 15.3. The third-order valence-electron chi connectivity index (χ3n) is 3.67. The van der Waals surface area contributed by atoms with E-state index in [0.29, 0.717) is 10.0 Å². The van der Waals surface area contributed by atoms with E-state index in [4.69, 9.17) is 23.2 Å². The number of fused-ring (bicyclic) bond motifs is 1. The molecule has 1 aliphatic rings. The van der Waals surface area contributed by atoms with Crippen LogP contribution in [0.25, 0.3) is 6.08 Å². The predicted molar refractivity (Wildman–Crippen MR) is 88.7 cm³/mol. The van der Waals surface area contributed by atoms with Crippen LogP contribution in [-0.4, -0.2) is 23.0 Å². The molecule has 0 radical (unpaired) electrons. The Bertz CT molecular complexity index is 668. The number of pyridine rings is 1. The van der Waals surface area contributed by atoms with Crippen LogP contribution >= 0.6 is 23.2 Å². The molecule has 2 heterocycles. The first-order valence-corrected chi connectivity index (χ1v) is 7.75. The van der Waals surface area contributed by atoms with E-state index in [2.05, 4.69) is 28.1 Å². The SMILES string of the molecule is Clc1ccc(C=CCN2CCc3ncccc3C2)c(Cl)c1. The average molecular weight is 319 g/mol. The zero-order valence-corrected chi connectivity index (χ0v) is 13.1. The van der Waals surface area contributed by atoms with Crippen molar-refractivity contribution >= 4 is 29.3 Å². The van der Waals surface area contributed by atoms with Crippen molar-refractivity contribution in [1.29, 1.82) is 0 Å². The summed E-state index contributed by atoms with van der Waals surface area (Å²) >= 11 is 12.1. The molecule has 0 unspecified atom stereocenters. The van der Waals surface area contributed by atoms with Crippen molar-refractivity contribution in [2.75, 3.05) is 13.1 Å². The smallest absolute Gasteiger partial charge is 0.0493 e. The van der Waals surface area contributed by atoms with E-state index in [9.17, 15) is 0 Å². The van der Waals surface area contributed by atoms with Gasteiger partial charge in [-0.25, -0.2) is 0 Å². The van der Waals surface area contributed by atoms with Crippen molar-refractivity contribution < 1.29 is 0 Å². The number of hydrogen-bond donors (Lipinski definition) is 0. The van der Waals surface area contributed by atoms with E-state index in [1.807, 2.05) is 24.4 Å². The van der Waals surface area contributed by atoms with Gasteiger partial charge in [-0.3, -0.25) is 9.88 Å². The van der Waals surface area contributed by atoms with E-state index in [0.717, 1.165) is 31.6 Å². The molecule has 0 saturated heterocycles. The van der Waals surface area contributed by atoms with Crippen LogP contribution in [0.3, 0.4) is 0 Å². The molecule has 0 N–H and O–H groups in total. The molecular formula is C17H16Cl2N2. The van der Waals surface area contributed by atoms with E-state index >= 15 is 0 Å². The highest BCUT2D eigenvalue weighted by Gasteiger charge is 2.15. The summed E-state index contributed by atoms with van der Waals surface area (Å²) in [7, 11) is 0. The largest absolute Gasteiger partial charge is 0.295 e. The topological polar surface area (TPSA) is 16.1 Å². The maximum atomic E-state index is 6.16. The molecule has 4 heteroatoms. The fourth-order valence-electron chi connectivity index (χ4n) is 2.55. The first kappa shape index (κ1) is 14.6. The molecule has 2 aromatic rings. The number of benzene rings is 1. The van der Waals surface area contributed by atoms with E-state index < -0.39 is 0 Å². The molecule has 108 valence electrons. The van der Waals surface area contributed by atoms with E-state index in [1.54, 1.807) is 6.07 Å². The van der Waals surface area contributed by atoms with Gasteiger partial charge >= 0.3 is 0 Å². The molecule has 1 aliphatic heterocycles. The molecule has 0 saturated carbocycles. The minimum absolute atomic E-state index is 0.664. The Balaban J connectivity index is 1.62. The Labute approximate surface area is 135 Å². The molecule has 21 heavy (non-hydrogen) atoms. The van der Waals surface area contributed by atoms with Crippen molar-refractivity contribution in [2.24, 2.45) is 0 Å². The van der Waals surface area contributed by atoms with Crippen LogP contribution in [0, 0.1) is 0 Å². The quantitative estimate of drug-likeness (QED) is 0.830. The van der Waals surface area contributed by atoms with E-state index in [1.165, 1.54) is 11.3 Å². The number of nitrogens with zero attached hydrogens (tertiary/aromatic N) is 2. The van der Waals surface area contributed by atoms with Crippen molar-refractivity contribution in [1.82, 2.24) is 9.88 Å². The Hall–Kier alpha value is -1.35. The summed E-state index contributed by atoms with van der Waals surface area (Å²) in [6.45, 7) is 2.91. The predicted octanol–water partition coefficient (Wildman–Crippen LogP) is 4.46. The Kier molecular flexibility index (Phi) is 4.59. The highest BCUT2D eigenvalue weighted by molar-refractivity contribution is 6.35. The molecule has 0 atom stereocenters. The Morgan fingerprint density at radius 2 is 2.14 bits per heavy atom. The highest BCUT2D eigenvalue weighted by atomic mass is 35.5. The number of halogens is 2. The fourth-order valence-corrected chi connectivity index (χ4v) is 3.02. The number of rotatable bonds is 3. The highest BCUT2D eigenvalue weighted by Crippen LogP contribution is 2.22. The zero-order chi connectivity index (χ0) is 14.7. The summed E-state index contributed by atoms with van der Waals surface area (Å²) in [6.07, 6.45) is 7.09. The van der Waals surface area contributed by atoms with Gasteiger partial charge in [0.2, 0.25) is 0 Å². The van der Waals surface area contributed by atoms with E-state index in [-0.39, 0.29) is 0 Å². The lowest BCUT2D eigenvalue weighted by molar-refractivity contribution is 0.279. The van der Waals surface area contributed by atoms with Crippen molar-refractivity contribution in [3.63, 3.8) is 0 Å². The molecule has 0 spiro atoms. The lowest BCUT2D eigenvalue weighted by Crippen LogP contribution is -2.31. The summed E-state index contributed by atoms with van der Waals surface area (Å²) in [6, 6.07) is 9.73. The molecule has 3 rings (SSSR count). The van der Waals surface area contributed by atoms with Gasteiger partial charge in [0, 0.05) is 48.0 Å². The minimum Gasteiger partial charge on any atom is -0.295 e. The summed E-state index contributed by atoms with van der Waals surface area (Å²) in [4.78, 5) is 6.83. The van der Waals surface area contributed by atoms with Gasteiger partial charge in [0.1, 0.15) is 0 Å². The molecular weight excluding hydrogens is 303 g/mol. The standard InChI is InChI=1S/C17H16Cl2N2/c18-15-6-5-13(16(19)11-15)4-2-9-21-10-7-17-14(12-21)3-1-8-20-17/h1-6,8,11H,7,9-10,12H2. The lowest BCUT2D eigenvalue weighted by atomic mass is 10.1. The second kappa shape index (κ2) is 6.61. The Morgan fingerprint density at radius 1 is 1.24 bits per heavy atom. The lowest BCUT2D eigenvalue weighted by Gasteiger charge is -2.26. The van der Waals surface area contributed by atoms with Gasteiger partial charge in [0.25, 0.3) is 0 Å². The summed E-state index contributed by atoms with van der Waals surface area (Å²) in [5, 5.41) is 1.35. The van der Waals surface area contributed by atoms with Crippen LogP contribution < -0.4 is 0 Å². The van der Waals surface area contributed by atoms with Crippen LogP contribution in [0.5, 0.6) is 0 Å². The van der Waals surface area contributed by atoms with Crippen molar-refractivity contribution in [3.8, 4) is 0 Å². The second-order valence-corrected chi connectivity index (χ2v) is 6.01. The van der Waals surface area contributed by atoms with Crippen LogP contribution in [0.15, 0.2) is 42.6 Å². The maximum Gasteiger partial charge on any atom is 0.0493 e. The first-order valence-electron chi connectivity index (χ1n) is 6.99. The molecule has 0 amide bonds. The summed E-state index contributed by atoms with van der Waals surface area (Å²) in [5.41, 5.74) is 3.57. The minimum atomic E-state index is 0.664. The zero-order valence-electron chi connectivity index (χ0n) is 11.6. The van der Waals surface area contributed by atoms with Crippen LogP contribution in [0.4, 0.5) is 0 Å². The van der Waals surface area contributed by atoms with Gasteiger partial charge < -0.3 is 0 Å². The molecule has 1 aromatic heterocycles. The molecule has 0 aliphatic carbocycles. The summed E-state index contributed by atoms with van der Waals surface area (Å²) in [5.74, 6) is 0. The third-order valence-corrected chi connectivity index (χ3v) is 4.23. The molecule has 0 bridgehead atoms. The van der Waals surface area contributed by atoms with Crippen LogP contribution in [0.2, 0.25) is 10.0 Å². The average Bonchev–Trinajstić information content (AvgIpc) is 2.49. The molecule has 0 fully saturated rings. The van der Waals surface area contributed by atoms with Gasteiger partial charge in [0.15, 0.2) is 0 Å². The van der Waals surface area contributed by atoms with Crippen molar-refractivity contribution in [2.45, 2.75) is 13.0 Å². The maximum absolute atomic E-state index is 6.16. The Morgan fingerprint density at radius 3 is 3.00 bits per heavy atom. The number of hydrogen-bond acceptors (Lipinski definition) is 2. The van der Waals surface area contributed by atoms with Gasteiger partial charge in [0.05, 0.1) is 0 Å². The molecule has 2 nitrogen and oxygen atoms in total. The van der Waals surface area contributed by atoms with Crippen LogP contribution in [0.1, 0.15) is 16.8 Å². The van der Waals surface area contributed by atoms with Gasteiger partial charge in [-0.1, -0.05) is 47.5 Å². The van der Waals surface area contributed by atoms with Crippen molar-refractivity contribution in [3.05, 3.63) is 69.5 Å². The summed E-state index contributed by atoms with van der Waals surface area (Å²) < 4.78 is 0. The monoisotopic (exact) mass is 318 g/mol. The van der Waals surface area contributed by atoms with Gasteiger partial charge in [-0.15, -0.1) is 0 Å². The van der Waals surface area contributed by atoms with Crippen LogP contribution in [-0.2, 0) is 13.0 Å². The number of aromatic nitrogens is 1. The van der Waals surface area contributed by atoms with Gasteiger partial charge in [-0.2, -0.15) is 0 Å². The second-order valence-electron chi connectivity index (χ2n) is 5.16. The fraction of sp³-hybridized carbons (Fsp3) is 0.235. The third kappa shape index (κ3) is 3.65. The van der Waals surface area contributed by atoms with Gasteiger partial charge in [-0.05, 0) is 29.3 Å². The first-order chi connectivity index (χ1) is 10.2. The molecule has 1 aromatic carbocycles.